The van der Waals surface area contributed by atoms with Crippen molar-refractivity contribution in [3.8, 4) is 0 Å². The summed E-state index contributed by atoms with van der Waals surface area (Å²) in [6.07, 6.45) is 0.413. The number of nitrogens with one attached hydrogen (secondary N) is 1. The Bertz CT molecular complexity index is 425. The van der Waals surface area contributed by atoms with Crippen LogP contribution >= 0.6 is 15.9 Å². The zero-order chi connectivity index (χ0) is 13.0. The van der Waals surface area contributed by atoms with E-state index in [2.05, 4.69) is 38.3 Å². The highest BCUT2D eigenvalue weighted by Gasteiger charge is 2.25. The van der Waals surface area contributed by atoms with E-state index in [-0.39, 0.29) is 12.0 Å². The molecule has 1 aliphatic heterocycles. The summed E-state index contributed by atoms with van der Waals surface area (Å²) in [4.78, 5) is 13.7. The third-order valence-corrected chi connectivity index (χ3v) is 3.61. The van der Waals surface area contributed by atoms with Crippen LogP contribution in [0.3, 0.4) is 0 Å². The van der Waals surface area contributed by atoms with E-state index in [1.165, 1.54) is 7.11 Å². The van der Waals surface area contributed by atoms with Gasteiger partial charge in [0.25, 0.3) is 0 Å². The number of hydrogen-bond donors (Lipinski definition) is 1. The van der Waals surface area contributed by atoms with Gasteiger partial charge in [-0.15, -0.1) is 0 Å². The van der Waals surface area contributed by atoms with Crippen molar-refractivity contribution < 1.29 is 9.53 Å². The number of carbonyl (C=O) groups is 1. The number of benzene rings is 1. The molecule has 1 unspecified atom stereocenters. The molecule has 1 saturated heterocycles. The summed E-state index contributed by atoms with van der Waals surface area (Å²) in [6.45, 7) is 2.64. The number of nitrogens with zero attached hydrogens (tertiary/aromatic N) is 1. The van der Waals surface area contributed by atoms with Crippen LogP contribution in [-0.4, -0.2) is 38.8 Å². The van der Waals surface area contributed by atoms with Crippen molar-refractivity contribution in [2.75, 3.05) is 31.6 Å². The first-order valence-corrected chi connectivity index (χ1v) is 6.80. The van der Waals surface area contributed by atoms with Gasteiger partial charge in [-0.1, -0.05) is 22.0 Å². The van der Waals surface area contributed by atoms with Gasteiger partial charge in [0.1, 0.15) is 0 Å². The van der Waals surface area contributed by atoms with Gasteiger partial charge in [-0.05, 0) is 18.2 Å². The number of hydrogen-bond acceptors (Lipinski definition) is 4. The Morgan fingerprint density at radius 3 is 3.17 bits per heavy atom. The predicted octanol–water partition coefficient (Wildman–Crippen LogP) is 1.79. The first kappa shape index (κ1) is 13.4. The molecule has 18 heavy (non-hydrogen) atoms. The molecular formula is C13H17BrN2O2. The fraction of sp³-hybridized carbons (Fsp3) is 0.462. The maximum atomic E-state index is 11.4. The van der Waals surface area contributed by atoms with Gasteiger partial charge in [-0.25, -0.2) is 0 Å². The first-order chi connectivity index (χ1) is 8.70. The molecule has 0 aromatic heterocycles. The summed E-state index contributed by atoms with van der Waals surface area (Å²) >= 11 is 3.48. The largest absolute Gasteiger partial charge is 0.469 e. The second-order valence-electron chi connectivity index (χ2n) is 4.31. The minimum atomic E-state index is -0.163. The van der Waals surface area contributed by atoms with E-state index >= 15 is 0 Å². The summed E-state index contributed by atoms with van der Waals surface area (Å²) < 4.78 is 5.81. The number of anilines is 1. The molecule has 4 nitrogen and oxygen atoms in total. The molecule has 1 aromatic carbocycles. The molecule has 1 atom stereocenters. The van der Waals surface area contributed by atoms with E-state index in [1.54, 1.807) is 0 Å². The highest BCUT2D eigenvalue weighted by molar-refractivity contribution is 9.10. The number of ether oxygens (including phenoxy) is 1. The van der Waals surface area contributed by atoms with Gasteiger partial charge >= 0.3 is 5.97 Å². The predicted molar refractivity (Wildman–Crippen MR) is 74.8 cm³/mol. The van der Waals surface area contributed by atoms with Crippen LogP contribution in [0.2, 0.25) is 0 Å². The lowest BCUT2D eigenvalue weighted by atomic mass is 10.1. The molecule has 0 radical (unpaired) electrons. The van der Waals surface area contributed by atoms with E-state index in [4.69, 9.17) is 4.74 Å². The minimum absolute atomic E-state index is 0.153. The summed E-state index contributed by atoms with van der Waals surface area (Å²) in [5, 5.41) is 3.32. The Kier molecular flexibility index (Phi) is 4.60. The molecule has 1 heterocycles. The molecule has 1 N–H and O–H groups in total. The van der Waals surface area contributed by atoms with Gasteiger partial charge in [0.15, 0.2) is 0 Å². The van der Waals surface area contributed by atoms with Gasteiger partial charge in [-0.3, -0.25) is 4.79 Å². The van der Waals surface area contributed by atoms with Crippen LogP contribution in [0.4, 0.5) is 5.69 Å². The fourth-order valence-electron chi connectivity index (χ4n) is 2.21. The monoisotopic (exact) mass is 312 g/mol. The van der Waals surface area contributed by atoms with E-state index in [9.17, 15) is 4.79 Å². The molecule has 0 bridgehead atoms. The lowest BCUT2D eigenvalue weighted by Crippen LogP contribution is -2.52. The molecule has 2 rings (SSSR count). The smallest absolute Gasteiger partial charge is 0.307 e. The van der Waals surface area contributed by atoms with Crippen molar-refractivity contribution in [1.29, 1.82) is 0 Å². The van der Waals surface area contributed by atoms with Crippen molar-refractivity contribution in [3.63, 3.8) is 0 Å². The van der Waals surface area contributed by atoms with E-state index in [0.29, 0.717) is 6.42 Å². The maximum absolute atomic E-state index is 11.4. The van der Waals surface area contributed by atoms with Crippen molar-refractivity contribution in [2.45, 2.75) is 12.5 Å². The van der Waals surface area contributed by atoms with Crippen LogP contribution in [0.1, 0.15) is 6.42 Å². The first-order valence-electron chi connectivity index (χ1n) is 6.00. The third-order valence-electron chi connectivity index (χ3n) is 3.12. The highest BCUT2D eigenvalue weighted by Crippen LogP contribution is 2.23. The molecular weight excluding hydrogens is 296 g/mol. The second kappa shape index (κ2) is 6.20. The van der Waals surface area contributed by atoms with E-state index < -0.39 is 0 Å². The zero-order valence-corrected chi connectivity index (χ0v) is 11.9. The van der Waals surface area contributed by atoms with Crippen molar-refractivity contribution in [2.24, 2.45) is 0 Å². The summed E-state index contributed by atoms with van der Waals surface area (Å²) in [5.74, 6) is -0.163. The molecule has 0 amide bonds. The van der Waals surface area contributed by atoms with Crippen LogP contribution in [0, 0.1) is 0 Å². The Labute approximate surface area is 115 Å². The number of carbonyl (C=O) groups excluding carboxylic acids is 1. The van der Waals surface area contributed by atoms with E-state index in [0.717, 1.165) is 29.8 Å². The van der Waals surface area contributed by atoms with Crippen molar-refractivity contribution in [3.05, 3.63) is 28.7 Å². The minimum Gasteiger partial charge on any atom is -0.469 e. The van der Waals surface area contributed by atoms with Gasteiger partial charge in [-0.2, -0.15) is 0 Å². The molecule has 0 aliphatic carbocycles. The Hall–Kier alpha value is -1.07. The molecule has 0 spiro atoms. The average molecular weight is 313 g/mol. The quantitative estimate of drug-likeness (QED) is 0.864. The molecule has 1 aliphatic rings. The maximum Gasteiger partial charge on any atom is 0.307 e. The van der Waals surface area contributed by atoms with Crippen molar-refractivity contribution in [1.82, 2.24) is 5.32 Å². The molecule has 1 aromatic rings. The van der Waals surface area contributed by atoms with Gasteiger partial charge in [0, 0.05) is 29.8 Å². The number of methoxy groups -OCH3 is 1. The average Bonchev–Trinajstić information content (AvgIpc) is 2.39. The molecule has 5 heteroatoms. The summed E-state index contributed by atoms with van der Waals surface area (Å²) in [7, 11) is 1.43. The normalized spacial score (nSPS) is 19.7. The fourth-order valence-corrected chi connectivity index (χ4v) is 2.60. The topological polar surface area (TPSA) is 41.6 Å². The molecule has 98 valence electrons. The summed E-state index contributed by atoms with van der Waals surface area (Å²) in [5.41, 5.74) is 1.14. The van der Waals surface area contributed by atoms with Gasteiger partial charge in [0.05, 0.1) is 19.6 Å². The van der Waals surface area contributed by atoms with Crippen LogP contribution in [0.15, 0.2) is 28.7 Å². The lowest BCUT2D eigenvalue weighted by molar-refractivity contribution is -0.141. The van der Waals surface area contributed by atoms with Crippen LogP contribution in [-0.2, 0) is 9.53 Å². The second-order valence-corrected chi connectivity index (χ2v) is 5.23. The Morgan fingerprint density at radius 1 is 1.61 bits per heavy atom. The standard InChI is InChI=1S/C13H17BrN2O2/c1-18-13(17)8-12-9-15-5-6-16(12)11-4-2-3-10(14)7-11/h2-4,7,12,15H,5-6,8-9H2,1H3. The third kappa shape index (κ3) is 3.23. The van der Waals surface area contributed by atoms with E-state index in [1.807, 2.05) is 12.1 Å². The number of rotatable bonds is 3. The van der Waals surface area contributed by atoms with Crippen molar-refractivity contribution >= 4 is 27.6 Å². The molecule has 0 saturated carbocycles. The van der Waals surface area contributed by atoms with Crippen LogP contribution < -0.4 is 10.2 Å². The van der Waals surface area contributed by atoms with Gasteiger partial charge in [0.2, 0.25) is 0 Å². The summed E-state index contributed by atoms with van der Waals surface area (Å²) in [6, 6.07) is 8.31. The highest BCUT2D eigenvalue weighted by atomic mass is 79.9. The lowest BCUT2D eigenvalue weighted by Gasteiger charge is -2.37. The van der Waals surface area contributed by atoms with Crippen LogP contribution in [0.25, 0.3) is 0 Å². The Balaban J connectivity index is 2.14. The molecule has 1 fully saturated rings. The number of piperazine rings is 1. The van der Waals surface area contributed by atoms with Crippen LogP contribution in [0.5, 0.6) is 0 Å². The SMILES string of the molecule is COC(=O)CC1CNCCN1c1cccc(Br)c1. The van der Waals surface area contributed by atoms with Gasteiger partial charge < -0.3 is 15.0 Å². The Morgan fingerprint density at radius 2 is 2.44 bits per heavy atom. The number of halogens is 1. The zero-order valence-electron chi connectivity index (χ0n) is 10.4. The number of esters is 1.